The number of hydrogen-bond acceptors (Lipinski definition) is 2. The van der Waals surface area contributed by atoms with E-state index in [2.05, 4.69) is 17.1 Å². The molecule has 100 valence electrons. The van der Waals surface area contributed by atoms with Crippen molar-refractivity contribution in [2.75, 3.05) is 26.2 Å². The fourth-order valence-corrected chi connectivity index (χ4v) is 3.53. The van der Waals surface area contributed by atoms with Crippen LogP contribution in [-0.2, 0) is 0 Å². The van der Waals surface area contributed by atoms with Crippen molar-refractivity contribution in [1.29, 1.82) is 0 Å². The molecule has 2 rings (SSSR count). The van der Waals surface area contributed by atoms with Gasteiger partial charge in [0.05, 0.1) is 0 Å². The Hall–Kier alpha value is -0.0800. The van der Waals surface area contributed by atoms with Gasteiger partial charge in [0.1, 0.15) is 0 Å². The van der Waals surface area contributed by atoms with E-state index in [-0.39, 0.29) is 0 Å². The lowest BCUT2D eigenvalue weighted by Gasteiger charge is -2.37. The molecular formula is C15H30N2. The SMILES string of the molecule is CCCC1CCCCN1CCC1CCCNC1. The number of piperidine rings is 2. The zero-order valence-corrected chi connectivity index (χ0v) is 11.6. The summed E-state index contributed by atoms with van der Waals surface area (Å²) in [7, 11) is 0. The van der Waals surface area contributed by atoms with Gasteiger partial charge in [0.15, 0.2) is 0 Å². The van der Waals surface area contributed by atoms with E-state index in [1.807, 2.05) is 0 Å². The maximum atomic E-state index is 3.54. The van der Waals surface area contributed by atoms with Gasteiger partial charge in [-0.05, 0) is 70.6 Å². The second kappa shape index (κ2) is 7.38. The zero-order valence-electron chi connectivity index (χ0n) is 11.6. The van der Waals surface area contributed by atoms with Crippen LogP contribution in [0, 0.1) is 5.92 Å². The zero-order chi connectivity index (χ0) is 11.9. The largest absolute Gasteiger partial charge is 0.316 e. The molecule has 0 aromatic heterocycles. The van der Waals surface area contributed by atoms with Crippen LogP contribution in [0.1, 0.15) is 58.3 Å². The lowest BCUT2D eigenvalue weighted by Crippen LogP contribution is -2.41. The van der Waals surface area contributed by atoms with Gasteiger partial charge in [-0.15, -0.1) is 0 Å². The van der Waals surface area contributed by atoms with Crippen molar-refractivity contribution in [3.8, 4) is 0 Å². The maximum absolute atomic E-state index is 3.54. The summed E-state index contributed by atoms with van der Waals surface area (Å²) in [6, 6.07) is 0.908. The third-order valence-corrected chi connectivity index (χ3v) is 4.59. The molecule has 2 nitrogen and oxygen atoms in total. The van der Waals surface area contributed by atoms with Crippen molar-refractivity contribution in [2.24, 2.45) is 5.92 Å². The molecule has 2 heteroatoms. The minimum atomic E-state index is 0.908. The molecule has 0 amide bonds. The Morgan fingerprint density at radius 3 is 2.82 bits per heavy atom. The number of nitrogens with zero attached hydrogens (tertiary/aromatic N) is 1. The van der Waals surface area contributed by atoms with Crippen molar-refractivity contribution in [3.05, 3.63) is 0 Å². The number of rotatable bonds is 5. The van der Waals surface area contributed by atoms with E-state index in [1.54, 1.807) is 0 Å². The van der Waals surface area contributed by atoms with E-state index in [0.29, 0.717) is 0 Å². The first-order chi connectivity index (χ1) is 8.40. The first kappa shape index (κ1) is 13.4. The molecule has 0 saturated carbocycles. The fraction of sp³-hybridized carbons (Fsp3) is 1.00. The monoisotopic (exact) mass is 238 g/mol. The predicted octanol–water partition coefficient (Wildman–Crippen LogP) is 3.03. The minimum Gasteiger partial charge on any atom is -0.316 e. The highest BCUT2D eigenvalue weighted by Gasteiger charge is 2.22. The predicted molar refractivity (Wildman–Crippen MR) is 74.3 cm³/mol. The Morgan fingerprint density at radius 2 is 2.06 bits per heavy atom. The van der Waals surface area contributed by atoms with Gasteiger partial charge in [-0.3, -0.25) is 0 Å². The highest BCUT2D eigenvalue weighted by Crippen LogP contribution is 2.23. The van der Waals surface area contributed by atoms with E-state index in [0.717, 1.165) is 12.0 Å². The van der Waals surface area contributed by atoms with Crippen LogP contribution in [0.3, 0.4) is 0 Å². The first-order valence-electron chi connectivity index (χ1n) is 7.85. The summed E-state index contributed by atoms with van der Waals surface area (Å²) in [6.45, 7) is 7.57. The molecule has 1 N–H and O–H groups in total. The van der Waals surface area contributed by atoms with Gasteiger partial charge in [-0.25, -0.2) is 0 Å². The summed E-state index contributed by atoms with van der Waals surface area (Å²) in [5.41, 5.74) is 0. The average molecular weight is 238 g/mol. The molecule has 0 bridgehead atoms. The van der Waals surface area contributed by atoms with Crippen LogP contribution in [0.15, 0.2) is 0 Å². The Labute approximate surface area is 107 Å². The molecule has 17 heavy (non-hydrogen) atoms. The molecule has 0 radical (unpaired) electrons. The van der Waals surface area contributed by atoms with Crippen LogP contribution in [0.4, 0.5) is 0 Å². The summed E-state index contributed by atoms with van der Waals surface area (Å²) in [6.07, 6.45) is 11.4. The number of nitrogens with one attached hydrogen (secondary N) is 1. The van der Waals surface area contributed by atoms with Crippen molar-refractivity contribution in [3.63, 3.8) is 0 Å². The number of hydrogen-bond donors (Lipinski definition) is 1. The second-order valence-corrected chi connectivity index (χ2v) is 5.98. The molecule has 2 saturated heterocycles. The van der Waals surface area contributed by atoms with Crippen LogP contribution >= 0.6 is 0 Å². The van der Waals surface area contributed by atoms with E-state index in [9.17, 15) is 0 Å². The van der Waals surface area contributed by atoms with E-state index < -0.39 is 0 Å². The van der Waals surface area contributed by atoms with Crippen LogP contribution in [-0.4, -0.2) is 37.1 Å². The minimum absolute atomic E-state index is 0.908. The van der Waals surface area contributed by atoms with E-state index >= 15 is 0 Å². The van der Waals surface area contributed by atoms with Crippen LogP contribution in [0.2, 0.25) is 0 Å². The smallest absolute Gasteiger partial charge is 0.00951 e. The highest BCUT2D eigenvalue weighted by atomic mass is 15.2. The third kappa shape index (κ3) is 4.26. The Morgan fingerprint density at radius 1 is 1.12 bits per heavy atom. The molecule has 0 aliphatic carbocycles. The third-order valence-electron chi connectivity index (χ3n) is 4.59. The molecule has 0 aromatic rings. The molecule has 2 aliphatic heterocycles. The molecule has 2 aliphatic rings. The first-order valence-corrected chi connectivity index (χ1v) is 7.85. The Kier molecular flexibility index (Phi) is 5.79. The van der Waals surface area contributed by atoms with Crippen molar-refractivity contribution in [1.82, 2.24) is 10.2 Å². The molecule has 0 aromatic carbocycles. The summed E-state index contributed by atoms with van der Waals surface area (Å²) in [5, 5.41) is 3.54. The second-order valence-electron chi connectivity index (χ2n) is 5.98. The number of likely N-dealkylation sites (tertiary alicyclic amines) is 1. The molecule has 2 atom stereocenters. The van der Waals surface area contributed by atoms with Crippen molar-refractivity contribution in [2.45, 2.75) is 64.3 Å². The standard InChI is InChI=1S/C15H30N2/c1-2-6-15-8-3-4-11-17(15)12-9-14-7-5-10-16-13-14/h14-16H,2-13H2,1H3. The van der Waals surface area contributed by atoms with Gasteiger partial charge in [0, 0.05) is 6.04 Å². The molecule has 2 unspecified atom stereocenters. The van der Waals surface area contributed by atoms with Gasteiger partial charge < -0.3 is 10.2 Å². The molecule has 2 fully saturated rings. The van der Waals surface area contributed by atoms with Gasteiger partial charge in [0.25, 0.3) is 0 Å². The Bertz CT molecular complexity index is 197. The topological polar surface area (TPSA) is 15.3 Å². The summed E-state index contributed by atoms with van der Waals surface area (Å²) in [4.78, 5) is 2.79. The van der Waals surface area contributed by atoms with E-state index in [4.69, 9.17) is 0 Å². The van der Waals surface area contributed by atoms with Crippen LogP contribution < -0.4 is 5.32 Å². The van der Waals surface area contributed by atoms with Crippen molar-refractivity contribution >= 4 is 0 Å². The molecule has 2 heterocycles. The summed E-state index contributed by atoms with van der Waals surface area (Å²) < 4.78 is 0. The van der Waals surface area contributed by atoms with Gasteiger partial charge in [-0.1, -0.05) is 19.8 Å². The molecule has 0 spiro atoms. The van der Waals surface area contributed by atoms with Gasteiger partial charge in [-0.2, -0.15) is 0 Å². The average Bonchev–Trinajstić information content (AvgIpc) is 2.39. The van der Waals surface area contributed by atoms with Crippen LogP contribution in [0.5, 0.6) is 0 Å². The Balaban J connectivity index is 1.71. The highest BCUT2D eigenvalue weighted by molar-refractivity contribution is 4.78. The fourth-order valence-electron chi connectivity index (χ4n) is 3.53. The lowest BCUT2D eigenvalue weighted by atomic mass is 9.93. The lowest BCUT2D eigenvalue weighted by molar-refractivity contribution is 0.127. The maximum Gasteiger partial charge on any atom is 0.00951 e. The summed E-state index contributed by atoms with van der Waals surface area (Å²) in [5.74, 6) is 0.952. The molecular weight excluding hydrogens is 208 g/mol. The van der Waals surface area contributed by atoms with Gasteiger partial charge >= 0.3 is 0 Å². The summed E-state index contributed by atoms with van der Waals surface area (Å²) >= 11 is 0. The quantitative estimate of drug-likeness (QED) is 0.792. The van der Waals surface area contributed by atoms with Crippen LogP contribution in [0.25, 0.3) is 0 Å². The van der Waals surface area contributed by atoms with Crippen molar-refractivity contribution < 1.29 is 0 Å². The normalized spacial score (nSPS) is 31.6. The van der Waals surface area contributed by atoms with E-state index in [1.165, 1.54) is 77.5 Å². The van der Waals surface area contributed by atoms with Gasteiger partial charge in [0.2, 0.25) is 0 Å².